The van der Waals surface area contributed by atoms with Crippen LogP contribution in [0.15, 0.2) is 18.6 Å². The standard InChI is InChI=1S/C9H11N5O/c1-6(2)12-9(15)8-10-5-14-7(13-8)3-4-11-14/h3-6H,1-2H3,(H,12,15). The molecule has 0 unspecified atom stereocenters. The summed E-state index contributed by atoms with van der Waals surface area (Å²) < 4.78 is 1.51. The Hall–Kier alpha value is -1.98. The molecular weight excluding hydrogens is 194 g/mol. The third-order valence-electron chi connectivity index (χ3n) is 1.78. The molecule has 0 aliphatic carbocycles. The Kier molecular flexibility index (Phi) is 2.32. The minimum atomic E-state index is -0.270. The molecule has 78 valence electrons. The van der Waals surface area contributed by atoms with Crippen LogP contribution in [0.4, 0.5) is 0 Å². The van der Waals surface area contributed by atoms with Crippen LogP contribution >= 0.6 is 0 Å². The van der Waals surface area contributed by atoms with Crippen LogP contribution in [0.5, 0.6) is 0 Å². The minimum absolute atomic E-state index is 0.0715. The van der Waals surface area contributed by atoms with Crippen molar-refractivity contribution >= 4 is 11.6 Å². The zero-order valence-corrected chi connectivity index (χ0v) is 8.51. The van der Waals surface area contributed by atoms with Gasteiger partial charge in [0, 0.05) is 12.1 Å². The van der Waals surface area contributed by atoms with Crippen molar-refractivity contribution in [1.82, 2.24) is 24.9 Å². The van der Waals surface area contributed by atoms with Gasteiger partial charge in [0.2, 0.25) is 5.82 Å². The molecule has 2 aromatic rings. The van der Waals surface area contributed by atoms with E-state index >= 15 is 0 Å². The van der Waals surface area contributed by atoms with Crippen LogP contribution in [-0.2, 0) is 0 Å². The van der Waals surface area contributed by atoms with Gasteiger partial charge in [-0.2, -0.15) is 5.10 Å². The molecule has 0 bridgehead atoms. The molecule has 6 nitrogen and oxygen atoms in total. The van der Waals surface area contributed by atoms with E-state index in [4.69, 9.17) is 0 Å². The van der Waals surface area contributed by atoms with Crippen LogP contribution < -0.4 is 5.32 Å². The maximum Gasteiger partial charge on any atom is 0.289 e. The van der Waals surface area contributed by atoms with Gasteiger partial charge in [0.1, 0.15) is 6.33 Å². The number of hydrogen-bond acceptors (Lipinski definition) is 4. The molecule has 0 atom stereocenters. The molecule has 1 amide bonds. The Labute approximate surface area is 86.3 Å². The second-order valence-electron chi connectivity index (χ2n) is 3.44. The maximum atomic E-state index is 11.6. The van der Waals surface area contributed by atoms with Crippen LogP contribution in [0.2, 0.25) is 0 Å². The van der Waals surface area contributed by atoms with Crippen molar-refractivity contribution in [3.63, 3.8) is 0 Å². The SMILES string of the molecule is CC(C)NC(=O)c1ncn2nccc2n1. The van der Waals surface area contributed by atoms with Gasteiger partial charge in [-0.15, -0.1) is 0 Å². The quantitative estimate of drug-likeness (QED) is 0.763. The van der Waals surface area contributed by atoms with Crippen molar-refractivity contribution in [3.8, 4) is 0 Å². The fourth-order valence-electron chi connectivity index (χ4n) is 1.17. The number of fused-ring (bicyclic) bond motifs is 1. The van der Waals surface area contributed by atoms with E-state index in [1.165, 1.54) is 10.8 Å². The summed E-state index contributed by atoms with van der Waals surface area (Å²) in [6.45, 7) is 3.77. The highest BCUT2D eigenvalue weighted by molar-refractivity contribution is 5.90. The second-order valence-corrected chi connectivity index (χ2v) is 3.44. The lowest BCUT2D eigenvalue weighted by molar-refractivity contribution is 0.0932. The van der Waals surface area contributed by atoms with Gasteiger partial charge in [0.25, 0.3) is 5.91 Å². The van der Waals surface area contributed by atoms with Crippen LogP contribution in [-0.4, -0.2) is 31.5 Å². The van der Waals surface area contributed by atoms with Crippen molar-refractivity contribution in [2.75, 3.05) is 0 Å². The fraction of sp³-hybridized carbons (Fsp3) is 0.333. The molecule has 0 saturated heterocycles. The number of amides is 1. The molecule has 0 spiro atoms. The van der Waals surface area contributed by atoms with Crippen LogP contribution in [0.25, 0.3) is 5.65 Å². The maximum absolute atomic E-state index is 11.6. The summed E-state index contributed by atoms with van der Waals surface area (Å²) in [5, 5.41) is 6.66. The van der Waals surface area contributed by atoms with E-state index < -0.39 is 0 Å². The summed E-state index contributed by atoms with van der Waals surface area (Å²) in [6.07, 6.45) is 3.08. The van der Waals surface area contributed by atoms with Crippen molar-refractivity contribution in [2.24, 2.45) is 0 Å². The van der Waals surface area contributed by atoms with Crippen LogP contribution in [0.3, 0.4) is 0 Å². The van der Waals surface area contributed by atoms with E-state index in [1.54, 1.807) is 12.3 Å². The van der Waals surface area contributed by atoms with Crippen molar-refractivity contribution in [3.05, 3.63) is 24.4 Å². The zero-order valence-electron chi connectivity index (χ0n) is 8.51. The molecule has 6 heteroatoms. The highest BCUT2D eigenvalue weighted by Crippen LogP contribution is 1.97. The number of aromatic nitrogens is 4. The molecular formula is C9H11N5O. The summed E-state index contributed by atoms with van der Waals surface area (Å²) in [4.78, 5) is 19.5. The number of nitrogens with one attached hydrogen (secondary N) is 1. The lowest BCUT2D eigenvalue weighted by Gasteiger charge is -2.06. The average Bonchev–Trinajstić information content (AvgIpc) is 2.62. The molecule has 0 aliphatic rings. The normalized spacial score (nSPS) is 10.9. The molecule has 1 N–H and O–H groups in total. The van der Waals surface area contributed by atoms with Gasteiger partial charge in [-0.05, 0) is 13.8 Å². The van der Waals surface area contributed by atoms with E-state index in [9.17, 15) is 4.79 Å². The van der Waals surface area contributed by atoms with Crippen molar-refractivity contribution < 1.29 is 4.79 Å². The first kappa shape index (κ1) is 9.57. The number of rotatable bonds is 2. The van der Waals surface area contributed by atoms with Crippen LogP contribution in [0.1, 0.15) is 24.5 Å². The summed E-state index contributed by atoms with van der Waals surface area (Å²) in [6, 6.07) is 1.79. The highest BCUT2D eigenvalue weighted by atomic mass is 16.2. The van der Waals surface area contributed by atoms with E-state index in [-0.39, 0.29) is 17.8 Å². The Morgan fingerprint density at radius 2 is 2.33 bits per heavy atom. The highest BCUT2D eigenvalue weighted by Gasteiger charge is 2.10. The summed E-state index contributed by atoms with van der Waals surface area (Å²) in [5.41, 5.74) is 0.610. The van der Waals surface area contributed by atoms with E-state index in [0.717, 1.165) is 0 Å². The topological polar surface area (TPSA) is 72.2 Å². The van der Waals surface area contributed by atoms with Crippen molar-refractivity contribution in [1.29, 1.82) is 0 Å². The zero-order chi connectivity index (χ0) is 10.8. The molecule has 2 heterocycles. The van der Waals surface area contributed by atoms with Gasteiger partial charge in [-0.25, -0.2) is 14.5 Å². The first-order valence-electron chi connectivity index (χ1n) is 4.64. The molecule has 0 radical (unpaired) electrons. The first-order valence-corrected chi connectivity index (χ1v) is 4.64. The molecule has 2 rings (SSSR count). The lowest BCUT2D eigenvalue weighted by Crippen LogP contribution is -2.31. The number of carbonyl (C=O) groups excluding carboxylic acids is 1. The summed E-state index contributed by atoms with van der Waals surface area (Å²) in [7, 11) is 0. The average molecular weight is 205 g/mol. The molecule has 15 heavy (non-hydrogen) atoms. The summed E-state index contributed by atoms with van der Waals surface area (Å²) >= 11 is 0. The molecule has 0 aliphatic heterocycles. The van der Waals surface area contributed by atoms with Gasteiger partial charge in [0.15, 0.2) is 5.65 Å². The molecule has 2 aromatic heterocycles. The minimum Gasteiger partial charge on any atom is -0.347 e. The number of carbonyl (C=O) groups is 1. The van der Waals surface area contributed by atoms with Gasteiger partial charge in [-0.1, -0.05) is 0 Å². The van der Waals surface area contributed by atoms with Crippen LogP contribution in [0, 0.1) is 0 Å². The smallest absolute Gasteiger partial charge is 0.289 e. The van der Waals surface area contributed by atoms with Gasteiger partial charge >= 0.3 is 0 Å². The Bertz CT molecular complexity index is 490. The van der Waals surface area contributed by atoms with Gasteiger partial charge < -0.3 is 5.32 Å². The Morgan fingerprint density at radius 1 is 1.53 bits per heavy atom. The number of hydrogen-bond donors (Lipinski definition) is 1. The second kappa shape index (κ2) is 3.64. The van der Waals surface area contributed by atoms with Crippen molar-refractivity contribution in [2.45, 2.75) is 19.9 Å². The number of nitrogens with zero attached hydrogens (tertiary/aromatic N) is 4. The van der Waals surface area contributed by atoms with Gasteiger partial charge in [0.05, 0.1) is 6.20 Å². The molecule has 0 fully saturated rings. The molecule has 0 aromatic carbocycles. The largest absolute Gasteiger partial charge is 0.347 e. The monoisotopic (exact) mass is 205 g/mol. The third-order valence-corrected chi connectivity index (χ3v) is 1.78. The molecule has 0 saturated carbocycles. The predicted molar refractivity (Wildman–Crippen MR) is 53.4 cm³/mol. The Balaban J connectivity index is 2.31. The van der Waals surface area contributed by atoms with E-state index in [2.05, 4.69) is 20.4 Å². The third kappa shape index (κ3) is 1.93. The lowest BCUT2D eigenvalue weighted by atomic mass is 10.4. The van der Waals surface area contributed by atoms with Gasteiger partial charge in [-0.3, -0.25) is 4.79 Å². The summed E-state index contributed by atoms with van der Waals surface area (Å²) in [5.74, 6) is -0.106. The van der Waals surface area contributed by atoms with E-state index in [0.29, 0.717) is 5.65 Å². The fourth-order valence-corrected chi connectivity index (χ4v) is 1.17. The van der Waals surface area contributed by atoms with E-state index in [1.807, 2.05) is 13.8 Å². The first-order chi connectivity index (χ1) is 7.16. The Morgan fingerprint density at radius 3 is 3.07 bits per heavy atom. The predicted octanol–water partition coefficient (Wildman–Crippen LogP) is 0.262.